The molecule has 1 aromatic carbocycles. The number of amides is 1. The van der Waals surface area contributed by atoms with E-state index in [1.54, 1.807) is 0 Å². The number of rotatable bonds is 6. The number of fused-ring (bicyclic) bond motifs is 1. The van der Waals surface area contributed by atoms with Crippen molar-refractivity contribution in [1.82, 2.24) is 15.1 Å². The summed E-state index contributed by atoms with van der Waals surface area (Å²) in [6, 6.07) is 2.99. The Morgan fingerprint density at radius 1 is 1.16 bits per heavy atom. The Morgan fingerprint density at radius 3 is 2.38 bits per heavy atom. The molecular weight excluding hydrogens is 532 g/mol. The van der Waals surface area contributed by atoms with Gasteiger partial charge >= 0.3 is 12.4 Å². The molecule has 0 radical (unpaired) electrons. The van der Waals surface area contributed by atoms with Gasteiger partial charge in [0.15, 0.2) is 15.9 Å². The standard InChI is InChI=1S/C22H21F6N3O5S/c1-11(21(23,24)25)35-15-4-3-13(37(2,33)34)7-14(15)16(32)31-9-12-8-19(12,10-31)17-29-30-18(36-17)20(5-6-20)22(26,27)28/h3-4,7,11-12H,5-6,8-10H2,1-2H3/t11-,12?,19+/m1/s1. The fourth-order valence-corrected chi connectivity index (χ4v) is 5.41. The van der Waals surface area contributed by atoms with Crippen molar-refractivity contribution in [2.75, 3.05) is 19.3 Å². The maximum absolute atomic E-state index is 13.4. The van der Waals surface area contributed by atoms with E-state index in [2.05, 4.69) is 10.2 Å². The number of hydrogen-bond acceptors (Lipinski definition) is 7. The first-order valence-corrected chi connectivity index (χ1v) is 13.1. The number of halogens is 6. The summed E-state index contributed by atoms with van der Waals surface area (Å²) in [7, 11) is -3.80. The maximum Gasteiger partial charge on any atom is 0.425 e. The molecule has 1 aromatic heterocycles. The lowest BCUT2D eigenvalue weighted by Gasteiger charge is -2.24. The van der Waals surface area contributed by atoms with Crippen molar-refractivity contribution < 1.29 is 48.7 Å². The second kappa shape index (κ2) is 7.84. The molecule has 202 valence electrons. The van der Waals surface area contributed by atoms with Crippen molar-refractivity contribution in [1.29, 1.82) is 0 Å². The van der Waals surface area contributed by atoms with Gasteiger partial charge in [0.1, 0.15) is 11.2 Å². The number of benzene rings is 1. The number of hydrogen-bond donors (Lipinski definition) is 0. The number of alkyl halides is 6. The summed E-state index contributed by atoms with van der Waals surface area (Å²) < 4.78 is 114. The molecule has 1 unspecified atom stereocenters. The Hall–Kier alpha value is -2.84. The lowest BCUT2D eigenvalue weighted by Crippen LogP contribution is -2.35. The number of likely N-dealkylation sites (tertiary alicyclic amines) is 1. The van der Waals surface area contributed by atoms with Crippen LogP contribution in [0, 0.1) is 5.92 Å². The van der Waals surface area contributed by atoms with E-state index >= 15 is 0 Å². The highest BCUT2D eigenvalue weighted by atomic mass is 32.2. The van der Waals surface area contributed by atoms with Crippen LogP contribution in [0.1, 0.15) is 48.3 Å². The molecule has 37 heavy (non-hydrogen) atoms. The van der Waals surface area contributed by atoms with Crippen molar-refractivity contribution in [2.45, 2.75) is 60.4 Å². The van der Waals surface area contributed by atoms with Gasteiger partial charge in [-0.2, -0.15) is 26.3 Å². The third-order valence-electron chi connectivity index (χ3n) is 7.36. The van der Waals surface area contributed by atoms with Gasteiger partial charge in [0.25, 0.3) is 5.91 Å². The Labute approximate surface area is 206 Å². The third-order valence-corrected chi connectivity index (χ3v) is 8.47. The van der Waals surface area contributed by atoms with E-state index in [9.17, 15) is 39.6 Å². The van der Waals surface area contributed by atoms with E-state index in [1.165, 1.54) is 4.90 Å². The van der Waals surface area contributed by atoms with E-state index < -0.39 is 56.7 Å². The molecular formula is C22H21F6N3O5S. The Balaban J connectivity index is 1.41. The number of carbonyl (C=O) groups is 1. The van der Waals surface area contributed by atoms with Crippen molar-refractivity contribution in [3.8, 4) is 5.75 Å². The monoisotopic (exact) mass is 553 g/mol. The van der Waals surface area contributed by atoms with E-state index in [0.29, 0.717) is 6.42 Å². The van der Waals surface area contributed by atoms with E-state index in [4.69, 9.17) is 9.15 Å². The summed E-state index contributed by atoms with van der Waals surface area (Å²) in [6.45, 7) is 0.840. The van der Waals surface area contributed by atoms with Crippen molar-refractivity contribution >= 4 is 15.7 Å². The third kappa shape index (κ3) is 4.24. The predicted molar refractivity (Wildman–Crippen MR) is 113 cm³/mol. The summed E-state index contributed by atoms with van der Waals surface area (Å²) in [5, 5.41) is 7.48. The zero-order chi connectivity index (χ0) is 27.2. The highest BCUT2D eigenvalue weighted by Crippen LogP contribution is 2.62. The molecule has 3 aliphatic rings. The van der Waals surface area contributed by atoms with Gasteiger partial charge in [-0.1, -0.05) is 0 Å². The topological polar surface area (TPSA) is 103 Å². The molecule has 0 spiro atoms. The van der Waals surface area contributed by atoms with Crippen LogP contribution in [0.3, 0.4) is 0 Å². The molecule has 2 saturated carbocycles. The van der Waals surface area contributed by atoms with Gasteiger partial charge < -0.3 is 14.1 Å². The van der Waals surface area contributed by atoms with Crippen molar-refractivity contribution in [2.24, 2.45) is 5.92 Å². The van der Waals surface area contributed by atoms with Crippen LogP contribution in [0.4, 0.5) is 26.3 Å². The minimum Gasteiger partial charge on any atom is -0.480 e. The second-order valence-electron chi connectivity index (χ2n) is 9.97. The first-order valence-electron chi connectivity index (χ1n) is 11.3. The first-order chi connectivity index (χ1) is 17.0. The molecule has 2 aromatic rings. The summed E-state index contributed by atoms with van der Waals surface area (Å²) in [6.07, 6.45) is -10.5. The molecule has 15 heteroatoms. The minimum atomic E-state index is -4.74. The smallest absolute Gasteiger partial charge is 0.425 e. The van der Waals surface area contributed by atoms with Gasteiger partial charge in [0.05, 0.1) is 15.9 Å². The zero-order valence-electron chi connectivity index (χ0n) is 19.5. The van der Waals surface area contributed by atoms with Crippen LogP contribution in [0.5, 0.6) is 5.75 Å². The van der Waals surface area contributed by atoms with Gasteiger partial charge in [0, 0.05) is 19.3 Å². The second-order valence-corrected chi connectivity index (χ2v) is 12.0. The number of aromatic nitrogens is 2. The highest BCUT2D eigenvalue weighted by molar-refractivity contribution is 7.90. The normalized spacial score (nSPS) is 25.5. The van der Waals surface area contributed by atoms with Crippen LogP contribution in [0.25, 0.3) is 0 Å². The van der Waals surface area contributed by atoms with Crippen LogP contribution in [-0.4, -0.2) is 67.2 Å². The van der Waals surface area contributed by atoms with Crippen LogP contribution >= 0.6 is 0 Å². The number of nitrogens with zero attached hydrogens (tertiary/aromatic N) is 3. The molecule has 5 rings (SSSR count). The Morgan fingerprint density at radius 2 is 1.81 bits per heavy atom. The van der Waals surface area contributed by atoms with Crippen LogP contribution in [-0.2, 0) is 20.7 Å². The SMILES string of the molecule is C[C@@H](Oc1ccc(S(C)(=O)=O)cc1C(=O)N1CC2C[C@]2(c2nnc(C3(C(F)(F)F)CC3)o2)C1)C(F)(F)F. The molecule has 3 atom stereocenters. The lowest BCUT2D eigenvalue weighted by molar-refractivity contribution is -0.189. The number of carbonyl (C=O) groups excluding carboxylic acids is 1. The maximum atomic E-state index is 13.4. The molecule has 3 fully saturated rings. The summed E-state index contributed by atoms with van der Waals surface area (Å²) in [4.78, 5) is 14.4. The van der Waals surface area contributed by atoms with Crippen molar-refractivity contribution in [3.05, 3.63) is 35.5 Å². The summed E-state index contributed by atoms with van der Waals surface area (Å²) in [5.41, 5.74) is -3.39. The van der Waals surface area contributed by atoms with Gasteiger partial charge in [0.2, 0.25) is 11.8 Å². The molecule has 0 bridgehead atoms. The Bertz CT molecular complexity index is 1370. The fourth-order valence-electron chi connectivity index (χ4n) is 4.77. The molecule has 1 aliphatic heterocycles. The quantitative estimate of drug-likeness (QED) is 0.502. The fraction of sp³-hybridized carbons (Fsp3) is 0.591. The van der Waals surface area contributed by atoms with E-state index in [-0.39, 0.29) is 48.2 Å². The van der Waals surface area contributed by atoms with E-state index in [0.717, 1.165) is 31.4 Å². The van der Waals surface area contributed by atoms with Crippen LogP contribution < -0.4 is 4.74 Å². The van der Waals surface area contributed by atoms with E-state index in [1.807, 2.05) is 0 Å². The molecule has 2 aliphatic carbocycles. The summed E-state index contributed by atoms with van der Waals surface area (Å²) in [5.74, 6) is -1.97. The first kappa shape index (κ1) is 25.8. The average Bonchev–Trinajstić information content (AvgIpc) is 3.63. The van der Waals surface area contributed by atoms with Gasteiger partial charge in [-0.3, -0.25) is 4.79 Å². The predicted octanol–water partition coefficient (Wildman–Crippen LogP) is 3.81. The molecule has 2 heterocycles. The molecule has 0 N–H and O–H groups in total. The molecule has 8 nitrogen and oxygen atoms in total. The zero-order valence-corrected chi connectivity index (χ0v) is 20.3. The number of sulfone groups is 1. The number of ether oxygens (including phenoxy) is 1. The van der Waals surface area contributed by atoms with Crippen LogP contribution in [0.15, 0.2) is 27.5 Å². The molecule has 1 amide bonds. The van der Waals surface area contributed by atoms with Crippen LogP contribution in [0.2, 0.25) is 0 Å². The lowest BCUT2D eigenvalue weighted by atomic mass is 10.1. The summed E-state index contributed by atoms with van der Waals surface area (Å²) >= 11 is 0. The van der Waals surface area contributed by atoms with Crippen molar-refractivity contribution in [3.63, 3.8) is 0 Å². The largest absolute Gasteiger partial charge is 0.480 e. The number of piperidine rings is 1. The van der Waals surface area contributed by atoms with Gasteiger partial charge in [-0.15, -0.1) is 10.2 Å². The van der Waals surface area contributed by atoms with Gasteiger partial charge in [-0.25, -0.2) is 8.42 Å². The minimum absolute atomic E-state index is 0.0228. The Kier molecular flexibility index (Phi) is 5.46. The molecule has 1 saturated heterocycles. The highest BCUT2D eigenvalue weighted by Gasteiger charge is 2.70. The van der Waals surface area contributed by atoms with Gasteiger partial charge in [-0.05, 0) is 50.3 Å². The average molecular weight is 553 g/mol.